The first-order valence-corrected chi connectivity index (χ1v) is 18.2. The van der Waals surface area contributed by atoms with Crippen molar-refractivity contribution < 1.29 is 4.42 Å². The lowest BCUT2D eigenvalue weighted by Gasteiger charge is -2.12. The molecular formula is C50H30N2O. The molecule has 0 saturated carbocycles. The van der Waals surface area contributed by atoms with E-state index in [4.69, 9.17) is 4.42 Å². The van der Waals surface area contributed by atoms with Gasteiger partial charge in [-0.3, -0.25) is 0 Å². The summed E-state index contributed by atoms with van der Waals surface area (Å²) in [6.07, 6.45) is 0. The predicted octanol–water partition coefficient (Wildman–Crippen LogP) is 13.8. The molecule has 3 heterocycles. The molecule has 53 heavy (non-hydrogen) atoms. The van der Waals surface area contributed by atoms with Crippen LogP contribution in [0, 0.1) is 0 Å². The van der Waals surface area contributed by atoms with Gasteiger partial charge in [0.05, 0.1) is 33.4 Å². The number of benzene rings is 9. The van der Waals surface area contributed by atoms with Crippen LogP contribution in [0.3, 0.4) is 0 Å². The Morgan fingerprint density at radius 1 is 0.302 bits per heavy atom. The van der Waals surface area contributed by atoms with Crippen molar-refractivity contribution in [3.05, 3.63) is 182 Å². The molecule has 9 aromatic carbocycles. The molecule has 3 nitrogen and oxygen atoms in total. The maximum Gasteiger partial charge on any atom is 0.136 e. The second-order valence-corrected chi connectivity index (χ2v) is 14.1. The van der Waals surface area contributed by atoms with Crippen LogP contribution < -0.4 is 0 Å². The zero-order valence-corrected chi connectivity index (χ0v) is 28.6. The average molecular weight is 675 g/mol. The Morgan fingerprint density at radius 2 is 0.811 bits per heavy atom. The van der Waals surface area contributed by atoms with Crippen molar-refractivity contribution in [2.75, 3.05) is 0 Å². The topological polar surface area (TPSA) is 23.0 Å². The Kier molecular flexibility index (Phi) is 5.77. The van der Waals surface area contributed by atoms with E-state index in [2.05, 4.69) is 185 Å². The minimum absolute atomic E-state index is 0.906. The molecule has 0 aliphatic heterocycles. The fourth-order valence-electron chi connectivity index (χ4n) is 8.98. The maximum atomic E-state index is 6.45. The third-order valence-electron chi connectivity index (χ3n) is 11.3. The Hall–Kier alpha value is -7.10. The molecule has 0 aliphatic carbocycles. The molecule has 0 saturated heterocycles. The van der Waals surface area contributed by atoms with Gasteiger partial charge in [0.1, 0.15) is 11.2 Å². The first kappa shape index (κ1) is 28.6. The van der Waals surface area contributed by atoms with Crippen LogP contribution in [-0.2, 0) is 0 Å². The zero-order chi connectivity index (χ0) is 34.6. The molecule has 0 aliphatic rings. The number of aromatic nitrogens is 2. The lowest BCUT2D eigenvalue weighted by atomic mass is 9.99. The van der Waals surface area contributed by atoms with E-state index in [1.807, 2.05) is 6.07 Å². The number of furan rings is 1. The van der Waals surface area contributed by atoms with Crippen molar-refractivity contribution in [2.45, 2.75) is 0 Å². The average Bonchev–Trinajstić information content (AvgIpc) is 3.87. The van der Waals surface area contributed by atoms with E-state index in [1.165, 1.54) is 87.7 Å². The summed E-state index contributed by atoms with van der Waals surface area (Å²) in [6, 6.07) is 66.1. The van der Waals surface area contributed by atoms with E-state index < -0.39 is 0 Å². The van der Waals surface area contributed by atoms with E-state index in [9.17, 15) is 0 Å². The summed E-state index contributed by atoms with van der Waals surface area (Å²) in [5.41, 5.74) is 11.3. The monoisotopic (exact) mass is 674 g/mol. The van der Waals surface area contributed by atoms with Gasteiger partial charge in [-0.25, -0.2) is 0 Å². The standard InChI is InChI=1S/C50H30N2O/c1-3-15-35-31(11-1)13-9-20-41(35)51-43-19-7-5-17-37(43)39-29-33(23-25-44(39)51)34-24-26-45-40(30-34)49-46(27-28-48-50(49)38-18-6-8-22-47(38)53-48)52(45)42-21-10-14-32-12-2-4-16-36(32)42/h1-30H. The van der Waals surface area contributed by atoms with Crippen molar-refractivity contribution >= 4 is 87.1 Å². The highest BCUT2D eigenvalue weighted by Crippen LogP contribution is 2.44. The SMILES string of the molecule is c1ccc2c(-n3c4ccccc4c4cc(-c5ccc6c(c5)c5c7c(ccc5n6-c5cccc6ccccc56)oc5ccccc57)ccc43)cccc2c1. The van der Waals surface area contributed by atoms with Crippen molar-refractivity contribution in [3.63, 3.8) is 0 Å². The number of para-hydroxylation sites is 2. The number of hydrogen-bond donors (Lipinski definition) is 0. The second kappa shape index (κ2) is 10.7. The van der Waals surface area contributed by atoms with Gasteiger partial charge in [-0.05, 0) is 82.6 Å². The van der Waals surface area contributed by atoms with Crippen LogP contribution in [0.1, 0.15) is 0 Å². The maximum absolute atomic E-state index is 6.45. The summed E-state index contributed by atoms with van der Waals surface area (Å²) in [4.78, 5) is 0. The zero-order valence-electron chi connectivity index (χ0n) is 28.6. The van der Waals surface area contributed by atoms with Crippen molar-refractivity contribution in [1.82, 2.24) is 9.13 Å². The second-order valence-electron chi connectivity index (χ2n) is 14.1. The van der Waals surface area contributed by atoms with E-state index in [0.717, 1.165) is 21.9 Å². The third-order valence-corrected chi connectivity index (χ3v) is 11.3. The van der Waals surface area contributed by atoms with Crippen LogP contribution in [0.25, 0.3) is 110 Å². The highest BCUT2D eigenvalue weighted by molar-refractivity contribution is 6.28. The molecule has 12 rings (SSSR count). The highest BCUT2D eigenvalue weighted by Gasteiger charge is 2.21. The summed E-state index contributed by atoms with van der Waals surface area (Å²) in [5, 5.41) is 12.1. The smallest absolute Gasteiger partial charge is 0.136 e. The van der Waals surface area contributed by atoms with Gasteiger partial charge in [0, 0.05) is 43.1 Å². The van der Waals surface area contributed by atoms with Crippen LogP contribution in [0.4, 0.5) is 0 Å². The van der Waals surface area contributed by atoms with Crippen LogP contribution in [0.5, 0.6) is 0 Å². The molecule has 0 unspecified atom stereocenters. The number of fused-ring (bicyclic) bond motifs is 12. The quantitative estimate of drug-likeness (QED) is 0.183. The number of hydrogen-bond acceptors (Lipinski definition) is 1. The van der Waals surface area contributed by atoms with Gasteiger partial charge in [-0.2, -0.15) is 0 Å². The first-order chi connectivity index (χ1) is 26.3. The number of nitrogens with zero attached hydrogens (tertiary/aromatic N) is 2. The molecule has 0 N–H and O–H groups in total. The van der Waals surface area contributed by atoms with Gasteiger partial charge in [-0.15, -0.1) is 0 Å². The normalized spacial score (nSPS) is 12.2. The molecule has 12 aromatic rings. The van der Waals surface area contributed by atoms with E-state index >= 15 is 0 Å². The van der Waals surface area contributed by atoms with Crippen LogP contribution >= 0.6 is 0 Å². The Bertz CT molecular complexity index is 3460. The molecule has 0 bridgehead atoms. The lowest BCUT2D eigenvalue weighted by Crippen LogP contribution is -1.95. The largest absolute Gasteiger partial charge is 0.456 e. The van der Waals surface area contributed by atoms with Crippen molar-refractivity contribution in [1.29, 1.82) is 0 Å². The van der Waals surface area contributed by atoms with E-state index in [1.54, 1.807) is 0 Å². The highest BCUT2D eigenvalue weighted by atomic mass is 16.3. The molecule has 3 aromatic heterocycles. The molecule has 246 valence electrons. The summed E-state index contributed by atoms with van der Waals surface area (Å²) in [6.45, 7) is 0. The molecule has 0 spiro atoms. The molecule has 3 heteroatoms. The van der Waals surface area contributed by atoms with Gasteiger partial charge in [0.25, 0.3) is 0 Å². The minimum Gasteiger partial charge on any atom is -0.456 e. The van der Waals surface area contributed by atoms with Crippen molar-refractivity contribution in [3.8, 4) is 22.5 Å². The lowest BCUT2D eigenvalue weighted by molar-refractivity contribution is 0.669. The van der Waals surface area contributed by atoms with Gasteiger partial charge < -0.3 is 13.6 Å². The summed E-state index contributed by atoms with van der Waals surface area (Å²) in [7, 11) is 0. The Morgan fingerprint density at radius 3 is 1.53 bits per heavy atom. The van der Waals surface area contributed by atoms with Crippen LogP contribution in [0.2, 0.25) is 0 Å². The summed E-state index contributed by atoms with van der Waals surface area (Å²) in [5.74, 6) is 0. The van der Waals surface area contributed by atoms with Gasteiger partial charge in [0.15, 0.2) is 0 Å². The summed E-state index contributed by atoms with van der Waals surface area (Å²) < 4.78 is 11.3. The molecule has 0 atom stereocenters. The van der Waals surface area contributed by atoms with Crippen LogP contribution in [-0.4, -0.2) is 9.13 Å². The number of rotatable bonds is 3. The van der Waals surface area contributed by atoms with Gasteiger partial charge in [-0.1, -0.05) is 121 Å². The molecular weight excluding hydrogens is 645 g/mol. The minimum atomic E-state index is 0.906. The van der Waals surface area contributed by atoms with Crippen molar-refractivity contribution in [2.24, 2.45) is 0 Å². The molecule has 0 radical (unpaired) electrons. The fourth-order valence-corrected chi connectivity index (χ4v) is 8.98. The van der Waals surface area contributed by atoms with Gasteiger partial charge in [0.2, 0.25) is 0 Å². The third kappa shape index (κ3) is 3.99. The van der Waals surface area contributed by atoms with E-state index in [0.29, 0.717) is 0 Å². The molecule has 0 fully saturated rings. The fraction of sp³-hybridized carbons (Fsp3) is 0. The van der Waals surface area contributed by atoms with Gasteiger partial charge >= 0.3 is 0 Å². The van der Waals surface area contributed by atoms with Crippen LogP contribution in [0.15, 0.2) is 186 Å². The predicted molar refractivity (Wildman–Crippen MR) is 223 cm³/mol. The first-order valence-electron chi connectivity index (χ1n) is 18.2. The molecule has 0 amide bonds. The Balaban J connectivity index is 1.15. The van der Waals surface area contributed by atoms with E-state index in [-0.39, 0.29) is 0 Å². The summed E-state index contributed by atoms with van der Waals surface area (Å²) >= 11 is 0. The Labute approximate surface area is 304 Å².